The molecule has 0 saturated heterocycles. The number of hydrogen-bond acceptors (Lipinski definition) is 3. The van der Waals surface area contributed by atoms with Gasteiger partial charge in [0.05, 0.1) is 0 Å². The molecule has 0 bridgehead atoms. The molecule has 0 heterocycles. The van der Waals surface area contributed by atoms with Crippen LogP contribution in [-0.4, -0.2) is 25.1 Å². The molecule has 1 unspecified atom stereocenters. The van der Waals surface area contributed by atoms with Crippen LogP contribution in [0.3, 0.4) is 0 Å². The van der Waals surface area contributed by atoms with E-state index in [1.165, 1.54) is 5.56 Å². The quantitative estimate of drug-likeness (QED) is 0.798. The minimum absolute atomic E-state index is 0.305. The van der Waals surface area contributed by atoms with Gasteiger partial charge in [-0.05, 0) is 49.9 Å². The zero-order valence-corrected chi connectivity index (χ0v) is 14.0. The third-order valence-corrected chi connectivity index (χ3v) is 4.06. The molecule has 3 nitrogen and oxygen atoms in total. The highest BCUT2D eigenvalue weighted by molar-refractivity contribution is 9.10. The van der Waals surface area contributed by atoms with Crippen molar-refractivity contribution in [3.05, 3.63) is 58.6 Å². The van der Waals surface area contributed by atoms with Crippen LogP contribution in [0.15, 0.2) is 53.0 Å². The molecule has 0 fully saturated rings. The van der Waals surface area contributed by atoms with Gasteiger partial charge in [0, 0.05) is 22.7 Å². The van der Waals surface area contributed by atoms with E-state index in [4.69, 9.17) is 10.5 Å². The molecule has 2 rings (SSSR count). The zero-order valence-electron chi connectivity index (χ0n) is 12.4. The van der Waals surface area contributed by atoms with Crippen LogP contribution < -0.4 is 10.5 Å². The molecule has 0 radical (unpaired) electrons. The van der Waals surface area contributed by atoms with Crippen molar-refractivity contribution in [1.82, 2.24) is 4.90 Å². The zero-order chi connectivity index (χ0) is 15.2. The molecule has 1 atom stereocenters. The first kappa shape index (κ1) is 15.9. The first-order valence-electron chi connectivity index (χ1n) is 7.00. The topological polar surface area (TPSA) is 38.5 Å². The number of likely N-dealkylation sites (N-methyl/N-ethyl adjacent to an activating group) is 1. The van der Waals surface area contributed by atoms with Gasteiger partial charge in [0.1, 0.15) is 12.4 Å². The van der Waals surface area contributed by atoms with Gasteiger partial charge in [-0.2, -0.15) is 0 Å². The Morgan fingerprint density at radius 2 is 1.95 bits per heavy atom. The molecule has 2 N–H and O–H groups in total. The minimum Gasteiger partial charge on any atom is -0.492 e. The second-order valence-electron chi connectivity index (χ2n) is 5.13. The monoisotopic (exact) mass is 348 g/mol. The molecule has 0 spiro atoms. The van der Waals surface area contributed by atoms with Gasteiger partial charge in [0.25, 0.3) is 0 Å². The second-order valence-corrected chi connectivity index (χ2v) is 6.05. The number of ether oxygens (including phenoxy) is 1. The Kier molecular flexibility index (Phi) is 5.65. The number of nitrogen functional groups attached to an aromatic ring is 1. The summed E-state index contributed by atoms with van der Waals surface area (Å²) in [4.78, 5) is 2.26. The number of halogens is 1. The van der Waals surface area contributed by atoms with Crippen LogP contribution >= 0.6 is 15.9 Å². The lowest BCUT2D eigenvalue weighted by molar-refractivity contribution is 0.201. The summed E-state index contributed by atoms with van der Waals surface area (Å²) in [7, 11) is 2.10. The lowest BCUT2D eigenvalue weighted by atomic mass is 10.1. The standard InChI is InChI=1S/C17H21BrN2O/c1-13(14-5-3-7-16(19)11-14)20(2)9-10-21-17-8-4-6-15(18)12-17/h3-8,11-13H,9-10,19H2,1-2H3. The molecule has 0 aromatic heterocycles. The van der Waals surface area contributed by atoms with Gasteiger partial charge in [-0.3, -0.25) is 4.90 Å². The summed E-state index contributed by atoms with van der Waals surface area (Å²) < 4.78 is 6.80. The van der Waals surface area contributed by atoms with Gasteiger partial charge in [-0.25, -0.2) is 0 Å². The van der Waals surface area contributed by atoms with Gasteiger partial charge in [0.15, 0.2) is 0 Å². The van der Waals surface area contributed by atoms with E-state index in [9.17, 15) is 0 Å². The molecule has 4 heteroatoms. The van der Waals surface area contributed by atoms with E-state index in [1.54, 1.807) is 0 Å². The van der Waals surface area contributed by atoms with E-state index in [1.807, 2.05) is 42.5 Å². The van der Waals surface area contributed by atoms with E-state index < -0.39 is 0 Å². The van der Waals surface area contributed by atoms with Crippen molar-refractivity contribution >= 4 is 21.6 Å². The van der Waals surface area contributed by atoms with Gasteiger partial charge >= 0.3 is 0 Å². The SMILES string of the molecule is CC(c1cccc(N)c1)N(C)CCOc1cccc(Br)c1. The van der Waals surface area contributed by atoms with E-state index in [0.29, 0.717) is 12.6 Å². The highest BCUT2D eigenvalue weighted by atomic mass is 79.9. The van der Waals surface area contributed by atoms with E-state index in [2.05, 4.69) is 40.9 Å². The third-order valence-electron chi connectivity index (χ3n) is 3.56. The molecule has 21 heavy (non-hydrogen) atoms. The molecule has 0 saturated carbocycles. The van der Waals surface area contributed by atoms with Crippen LogP contribution in [0.4, 0.5) is 5.69 Å². The van der Waals surface area contributed by atoms with Crippen molar-refractivity contribution < 1.29 is 4.74 Å². The molecule has 0 aliphatic carbocycles. The number of anilines is 1. The fourth-order valence-corrected chi connectivity index (χ4v) is 2.51. The summed E-state index contributed by atoms with van der Waals surface area (Å²) in [6, 6.07) is 16.2. The molecule has 2 aromatic carbocycles. The summed E-state index contributed by atoms with van der Waals surface area (Å²) in [6.45, 7) is 3.68. The predicted octanol–water partition coefficient (Wildman–Crippen LogP) is 4.10. The van der Waals surface area contributed by atoms with Crippen molar-refractivity contribution in [3.8, 4) is 5.75 Å². The fourth-order valence-electron chi connectivity index (χ4n) is 2.13. The molecular weight excluding hydrogens is 328 g/mol. The van der Waals surface area contributed by atoms with E-state index >= 15 is 0 Å². The van der Waals surface area contributed by atoms with Crippen LogP contribution in [0.25, 0.3) is 0 Å². The summed E-state index contributed by atoms with van der Waals surface area (Å²) >= 11 is 3.44. The number of nitrogens with two attached hydrogens (primary N) is 1. The van der Waals surface area contributed by atoms with Crippen LogP contribution in [-0.2, 0) is 0 Å². The Balaban J connectivity index is 1.85. The maximum absolute atomic E-state index is 5.84. The van der Waals surface area contributed by atoms with Crippen molar-refractivity contribution in [2.45, 2.75) is 13.0 Å². The van der Waals surface area contributed by atoms with Crippen molar-refractivity contribution in [2.24, 2.45) is 0 Å². The largest absolute Gasteiger partial charge is 0.492 e. The van der Waals surface area contributed by atoms with Crippen molar-refractivity contribution in [3.63, 3.8) is 0 Å². The summed E-state index contributed by atoms with van der Waals surface area (Å²) in [5.41, 5.74) is 7.87. The normalized spacial score (nSPS) is 12.4. The molecule has 112 valence electrons. The number of rotatable bonds is 6. The molecule has 0 aliphatic heterocycles. The van der Waals surface area contributed by atoms with Crippen molar-refractivity contribution in [1.29, 1.82) is 0 Å². The van der Waals surface area contributed by atoms with Crippen LogP contribution in [0.1, 0.15) is 18.5 Å². The Hall–Kier alpha value is -1.52. The van der Waals surface area contributed by atoms with Gasteiger partial charge in [0.2, 0.25) is 0 Å². The van der Waals surface area contributed by atoms with Crippen LogP contribution in [0.5, 0.6) is 5.75 Å². The van der Waals surface area contributed by atoms with Crippen molar-refractivity contribution in [2.75, 3.05) is 25.9 Å². The van der Waals surface area contributed by atoms with E-state index in [-0.39, 0.29) is 0 Å². The lowest BCUT2D eigenvalue weighted by Crippen LogP contribution is -2.27. The maximum Gasteiger partial charge on any atom is 0.120 e. The maximum atomic E-state index is 5.84. The fraction of sp³-hybridized carbons (Fsp3) is 0.294. The molecule has 0 aliphatic rings. The third kappa shape index (κ3) is 4.76. The summed E-state index contributed by atoms with van der Waals surface area (Å²) in [5, 5.41) is 0. The summed E-state index contributed by atoms with van der Waals surface area (Å²) in [6.07, 6.45) is 0. The molecule has 2 aromatic rings. The Morgan fingerprint density at radius 3 is 2.67 bits per heavy atom. The number of hydrogen-bond donors (Lipinski definition) is 1. The van der Waals surface area contributed by atoms with Crippen LogP contribution in [0, 0.1) is 0 Å². The Morgan fingerprint density at radius 1 is 1.19 bits per heavy atom. The first-order valence-corrected chi connectivity index (χ1v) is 7.79. The second kappa shape index (κ2) is 7.48. The van der Waals surface area contributed by atoms with Gasteiger partial charge in [-0.15, -0.1) is 0 Å². The highest BCUT2D eigenvalue weighted by Gasteiger charge is 2.11. The average Bonchev–Trinajstić information content (AvgIpc) is 2.46. The minimum atomic E-state index is 0.305. The Bertz CT molecular complexity index is 589. The highest BCUT2D eigenvalue weighted by Crippen LogP contribution is 2.21. The molecule has 0 amide bonds. The Labute approximate surface area is 134 Å². The first-order chi connectivity index (χ1) is 10.1. The van der Waals surface area contributed by atoms with Gasteiger partial charge in [-0.1, -0.05) is 34.1 Å². The van der Waals surface area contributed by atoms with E-state index in [0.717, 1.165) is 22.5 Å². The van der Waals surface area contributed by atoms with Crippen LogP contribution in [0.2, 0.25) is 0 Å². The average molecular weight is 349 g/mol. The number of nitrogens with zero attached hydrogens (tertiary/aromatic N) is 1. The number of benzene rings is 2. The summed E-state index contributed by atoms with van der Waals surface area (Å²) in [5.74, 6) is 0.884. The van der Waals surface area contributed by atoms with Gasteiger partial charge < -0.3 is 10.5 Å². The lowest BCUT2D eigenvalue weighted by Gasteiger charge is -2.25. The predicted molar refractivity (Wildman–Crippen MR) is 91.5 cm³/mol. The molecular formula is C17H21BrN2O. The smallest absolute Gasteiger partial charge is 0.120 e.